The summed E-state index contributed by atoms with van der Waals surface area (Å²) in [5, 5.41) is 16.1. The van der Waals surface area contributed by atoms with Crippen molar-refractivity contribution in [1.82, 2.24) is 0 Å². The summed E-state index contributed by atoms with van der Waals surface area (Å²) in [6.07, 6.45) is 1.71. The molecule has 0 fully saturated rings. The Hall–Kier alpha value is -3.94. The minimum absolute atomic E-state index is 0.0702. The Morgan fingerprint density at radius 3 is 2.00 bits per heavy atom. The fourth-order valence-electron chi connectivity index (χ4n) is 2.89. The van der Waals surface area contributed by atoms with Gasteiger partial charge in [-0.3, -0.25) is 9.59 Å². The van der Waals surface area contributed by atoms with Crippen molar-refractivity contribution in [3.8, 4) is 0 Å². The van der Waals surface area contributed by atoms with E-state index in [0.29, 0.717) is 18.1 Å². The van der Waals surface area contributed by atoms with Crippen LogP contribution in [0.4, 0.5) is 0 Å². The molecule has 0 heterocycles. The van der Waals surface area contributed by atoms with Crippen molar-refractivity contribution in [2.24, 2.45) is 0 Å². The molecule has 28 heavy (non-hydrogen) atoms. The highest BCUT2D eigenvalue weighted by molar-refractivity contribution is 6.22. The van der Waals surface area contributed by atoms with E-state index in [9.17, 15) is 19.2 Å². The van der Waals surface area contributed by atoms with Crippen LogP contribution in [0.5, 0.6) is 0 Å². The van der Waals surface area contributed by atoms with Crippen LogP contribution in [0, 0.1) is 10.8 Å². The molecule has 0 spiro atoms. The van der Waals surface area contributed by atoms with Gasteiger partial charge in [-0.1, -0.05) is 18.2 Å². The number of aldehydes is 2. The van der Waals surface area contributed by atoms with Crippen LogP contribution in [-0.4, -0.2) is 35.9 Å². The molecule has 3 rings (SSSR count). The van der Waals surface area contributed by atoms with Crippen molar-refractivity contribution < 1.29 is 29.0 Å². The van der Waals surface area contributed by atoms with E-state index in [0.717, 1.165) is 0 Å². The second-order valence-electron chi connectivity index (χ2n) is 6.01. The average Bonchev–Trinajstić information content (AvgIpc) is 2.73. The molecule has 0 radical (unpaired) electrons. The topological polar surface area (TPSA) is 134 Å². The summed E-state index contributed by atoms with van der Waals surface area (Å²) in [6, 6.07) is 8.16. The predicted molar refractivity (Wildman–Crippen MR) is 97.4 cm³/mol. The molecule has 0 bridgehead atoms. The molecule has 1 aliphatic carbocycles. The van der Waals surface area contributed by atoms with Gasteiger partial charge in [-0.05, 0) is 31.0 Å². The summed E-state index contributed by atoms with van der Waals surface area (Å²) in [5.41, 5.74) is 1.18. The minimum Gasteiger partial charge on any atom is -0.305 e. The van der Waals surface area contributed by atoms with Gasteiger partial charge in [0.1, 0.15) is 6.29 Å². The van der Waals surface area contributed by atoms with Crippen LogP contribution in [0.25, 0.3) is 0 Å². The zero-order chi connectivity index (χ0) is 20.3. The number of carbonyl (C=O) groups is 4. The van der Waals surface area contributed by atoms with E-state index in [1.54, 1.807) is 0 Å². The van der Waals surface area contributed by atoms with E-state index in [1.165, 1.54) is 36.4 Å². The third kappa shape index (κ3) is 3.48. The molecule has 8 nitrogen and oxygen atoms in total. The second-order valence-corrected chi connectivity index (χ2v) is 6.01. The lowest BCUT2D eigenvalue weighted by atomic mass is 9.83. The Kier molecular flexibility index (Phi) is 5.21. The van der Waals surface area contributed by atoms with Crippen molar-refractivity contribution >= 4 is 35.9 Å². The summed E-state index contributed by atoms with van der Waals surface area (Å²) in [6.45, 7) is 0. The summed E-state index contributed by atoms with van der Waals surface area (Å²) in [5.74, 6) is -1.96. The van der Waals surface area contributed by atoms with Gasteiger partial charge in [0, 0.05) is 33.7 Å². The highest BCUT2D eigenvalue weighted by Gasteiger charge is 2.28. The largest absolute Gasteiger partial charge is 0.387 e. The first-order valence-corrected chi connectivity index (χ1v) is 8.22. The minimum atomic E-state index is -1.02. The molecule has 2 aromatic rings. The molecule has 0 aromatic heterocycles. The van der Waals surface area contributed by atoms with Gasteiger partial charge >= 0.3 is 11.9 Å². The van der Waals surface area contributed by atoms with Gasteiger partial charge in [-0.15, -0.1) is 0 Å². The average molecular weight is 378 g/mol. The van der Waals surface area contributed by atoms with E-state index in [4.69, 9.17) is 10.8 Å². The number of hydrogen-bond donors (Lipinski definition) is 2. The van der Waals surface area contributed by atoms with Gasteiger partial charge in [-0.25, -0.2) is 19.4 Å². The number of hydrogen-bond acceptors (Lipinski definition) is 8. The van der Waals surface area contributed by atoms with Crippen LogP contribution < -0.4 is 0 Å². The number of carbonyl (C=O) groups excluding carboxylic acids is 4. The van der Waals surface area contributed by atoms with Crippen molar-refractivity contribution in [3.63, 3.8) is 0 Å². The van der Waals surface area contributed by atoms with E-state index in [1.807, 2.05) is 0 Å². The molecular weight excluding hydrogens is 364 g/mol. The van der Waals surface area contributed by atoms with Crippen molar-refractivity contribution in [2.45, 2.75) is 12.8 Å². The SMILES string of the molecule is N=C1CCC(=N)c2c(C(=O)OOC(=O)c3ccc(C=O)cc3)ccc(C=O)c21. The second kappa shape index (κ2) is 7.75. The number of benzene rings is 2. The lowest BCUT2D eigenvalue weighted by molar-refractivity contribution is -0.187. The van der Waals surface area contributed by atoms with Crippen LogP contribution in [0.3, 0.4) is 0 Å². The zero-order valence-electron chi connectivity index (χ0n) is 14.5. The Bertz CT molecular complexity index is 1020. The monoisotopic (exact) mass is 378 g/mol. The lowest BCUT2D eigenvalue weighted by Crippen LogP contribution is -2.24. The first kappa shape index (κ1) is 18.8. The molecule has 2 aromatic carbocycles. The molecule has 1 aliphatic rings. The molecule has 0 saturated carbocycles. The summed E-state index contributed by atoms with van der Waals surface area (Å²) in [4.78, 5) is 55.4. The lowest BCUT2D eigenvalue weighted by Gasteiger charge is -2.21. The fourth-order valence-corrected chi connectivity index (χ4v) is 2.89. The quantitative estimate of drug-likeness (QED) is 0.477. The molecule has 0 unspecified atom stereocenters. The summed E-state index contributed by atoms with van der Waals surface area (Å²) >= 11 is 0. The summed E-state index contributed by atoms with van der Waals surface area (Å²) < 4.78 is 0. The standard InChI is InChI=1S/C20H14N2O6/c21-15-7-8-16(22)18-14(6-5-13(10-24)17(15)18)20(26)28-27-19(25)12-3-1-11(9-23)2-4-12/h1-6,9-10,21-22H,7-8H2. The number of nitrogens with one attached hydrogen (secondary N) is 2. The van der Waals surface area contributed by atoms with E-state index < -0.39 is 11.9 Å². The Morgan fingerprint density at radius 2 is 1.39 bits per heavy atom. The maximum absolute atomic E-state index is 12.4. The number of fused-ring (bicyclic) bond motifs is 1. The Balaban J connectivity index is 1.83. The van der Waals surface area contributed by atoms with Gasteiger partial charge in [0.05, 0.1) is 11.1 Å². The highest BCUT2D eigenvalue weighted by atomic mass is 17.2. The third-order valence-electron chi connectivity index (χ3n) is 4.29. The highest BCUT2D eigenvalue weighted by Crippen LogP contribution is 2.28. The molecule has 0 atom stereocenters. The van der Waals surface area contributed by atoms with Crippen LogP contribution in [0.15, 0.2) is 36.4 Å². The van der Waals surface area contributed by atoms with Crippen LogP contribution in [0.1, 0.15) is 65.4 Å². The van der Waals surface area contributed by atoms with E-state index >= 15 is 0 Å². The first-order valence-electron chi connectivity index (χ1n) is 8.22. The third-order valence-corrected chi connectivity index (χ3v) is 4.29. The molecular formula is C20H14N2O6. The van der Waals surface area contributed by atoms with Crippen molar-refractivity contribution in [3.05, 3.63) is 69.8 Å². The maximum atomic E-state index is 12.4. The maximum Gasteiger partial charge on any atom is 0.387 e. The van der Waals surface area contributed by atoms with Gasteiger partial charge in [0.15, 0.2) is 6.29 Å². The van der Waals surface area contributed by atoms with Crippen LogP contribution in [0.2, 0.25) is 0 Å². The van der Waals surface area contributed by atoms with Gasteiger partial charge in [-0.2, -0.15) is 0 Å². The van der Waals surface area contributed by atoms with Gasteiger partial charge < -0.3 is 10.8 Å². The predicted octanol–water partition coefficient (Wildman–Crippen LogP) is 2.77. The van der Waals surface area contributed by atoms with E-state index in [-0.39, 0.29) is 52.1 Å². The molecule has 0 amide bonds. The molecule has 0 saturated heterocycles. The first-order chi connectivity index (χ1) is 13.5. The van der Waals surface area contributed by atoms with E-state index in [2.05, 4.69) is 9.78 Å². The number of rotatable bonds is 4. The zero-order valence-corrected chi connectivity index (χ0v) is 14.5. The smallest absolute Gasteiger partial charge is 0.305 e. The molecule has 8 heteroatoms. The van der Waals surface area contributed by atoms with Crippen molar-refractivity contribution in [2.75, 3.05) is 0 Å². The summed E-state index contributed by atoms with van der Waals surface area (Å²) in [7, 11) is 0. The molecule has 140 valence electrons. The van der Waals surface area contributed by atoms with Gasteiger partial charge in [0.2, 0.25) is 0 Å². The van der Waals surface area contributed by atoms with Gasteiger partial charge in [0.25, 0.3) is 0 Å². The Labute approximate surface area is 159 Å². The molecule has 2 N–H and O–H groups in total. The van der Waals surface area contributed by atoms with Crippen molar-refractivity contribution in [1.29, 1.82) is 10.8 Å². The Morgan fingerprint density at radius 1 is 0.786 bits per heavy atom. The molecule has 0 aliphatic heterocycles. The normalized spacial score (nSPS) is 12.7. The van der Waals surface area contributed by atoms with Crippen LogP contribution in [-0.2, 0) is 9.78 Å². The van der Waals surface area contributed by atoms with Crippen LogP contribution >= 0.6 is 0 Å². The fraction of sp³-hybridized carbons (Fsp3) is 0.100.